The molecule has 0 saturated heterocycles. The number of ether oxygens (including phenoxy) is 4. The van der Waals surface area contributed by atoms with Gasteiger partial charge >= 0.3 is 11.9 Å². The number of carbonyl (C=O) groups is 3. The summed E-state index contributed by atoms with van der Waals surface area (Å²) in [6.07, 6.45) is 0.777. The molecule has 0 saturated carbocycles. The van der Waals surface area contributed by atoms with Crippen LogP contribution in [0.1, 0.15) is 27.1 Å². The van der Waals surface area contributed by atoms with Gasteiger partial charge in [-0.2, -0.15) is 0 Å². The lowest BCUT2D eigenvalue weighted by Gasteiger charge is -2.11. The molecule has 28 heavy (non-hydrogen) atoms. The van der Waals surface area contributed by atoms with Gasteiger partial charge in [0.05, 0.1) is 31.5 Å². The lowest BCUT2D eigenvalue weighted by molar-refractivity contribution is -0.119. The van der Waals surface area contributed by atoms with Gasteiger partial charge in [0.2, 0.25) is 0 Å². The van der Waals surface area contributed by atoms with Crippen LogP contribution in [-0.4, -0.2) is 44.8 Å². The molecule has 1 aliphatic heterocycles. The molecular formula is C20H19NO7. The average Bonchev–Trinajstić information content (AvgIpc) is 2.96. The fraction of sp³-hybridized carbons (Fsp3) is 0.250. The van der Waals surface area contributed by atoms with E-state index in [1.807, 2.05) is 0 Å². The minimum absolute atomic E-state index is 0.0257. The third-order valence-corrected chi connectivity index (χ3v) is 3.92. The summed E-state index contributed by atoms with van der Waals surface area (Å²) in [6.45, 7) is 0.589. The van der Waals surface area contributed by atoms with Crippen LogP contribution in [0.4, 0.5) is 5.69 Å². The SMILES string of the molecule is COC(=O)c1ccccc1C(=O)OCC(=O)Nc1ccc2c(c1)OCCCO2. The number of anilines is 1. The van der Waals surface area contributed by atoms with E-state index in [0.29, 0.717) is 30.4 Å². The van der Waals surface area contributed by atoms with Crippen LogP contribution in [0.25, 0.3) is 0 Å². The van der Waals surface area contributed by atoms with E-state index < -0.39 is 24.5 Å². The van der Waals surface area contributed by atoms with Crippen molar-refractivity contribution in [1.29, 1.82) is 0 Å². The maximum Gasteiger partial charge on any atom is 0.339 e. The Morgan fingerprint density at radius 3 is 2.36 bits per heavy atom. The molecule has 1 heterocycles. The summed E-state index contributed by atoms with van der Waals surface area (Å²) in [6, 6.07) is 11.1. The number of esters is 2. The van der Waals surface area contributed by atoms with Gasteiger partial charge in [-0.15, -0.1) is 0 Å². The second-order valence-electron chi connectivity index (χ2n) is 5.87. The van der Waals surface area contributed by atoms with Crippen molar-refractivity contribution in [2.75, 3.05) is 32.2 Å². The summed E-state index contributed by atoms with van der Waals surface area (Å²) in [5.41, 5.74) is 0.580. The number of hydrogen-bond acceptors (Lipinski definition) is 7. The summed E-state index contributed by atoms with van der Waals surface area (Å²) in [4.78, 5) is 36.1. The Kier molecular flexibility index (Phi) is 6.11. The summed E-state index contributed by atoms with van der Waals surface area (Å²) < 4.78 is 20.8. The van der Waals surface area contributed by atoms with Crippen molar-refractivity contribution in [2.45, 2.75) is 6.42 Å². The van der Waals surface area contributed by atoms with Gasteiger partial charge in [0, 0.05) is 18.2 Å². The van der Waals surface area contributed by atoms with Crippen molar-refractivity contribution >= 4 is 23.5 Å². The molecule has 0 aliphatic carbocycles. The Bertz CT molecular complexity index is 894. The molecule has 3 rings (SSSR count). The first-order valence-electron chi connectivity index (χ1n) is 8.62. The number of benzene rings is 2. The minimum Gasteiger partial charge on any atom is -0.490 e. The molecule has 1 N–H and O–H groups in total. The van der Waals surface area contributed by atoms with Crippen molar-refractivity contribution < 1.29 is 33.3 Å². The first-order chi connectivity index (χ1) is 13.6. The number of nitrogens with one attached hydrogen (secondary N) is 1. The molecule has 0 radical (unpaired) electrons. The number of carbonyl (C=O) groups excluding carboxylic acids is 3. The highest BCUT2D eigenvalue weighted by Gasteiger charge is 2.19. The second kappa shape index (κ2) is 8.90. The van der Waals surface area contributed by atoms with Crippen molar-refractivity contribution in [1.82, 2.24) is 0 Å². The number of rotatable bonds is 5. The topological polar surface area (TPSA) is 100 Å². The highest BCUT2D eigenvalue weighted by atomic mass is 16.5. The van der Waals surface area contributed by atoms with Gasteiger partial charge in [0.25, 0.3) is 5.91 Å². The number of amides is 1. The molecule has 2 aromatic carbocycles. The van der Waals surface area contributed by atoms with E-state index >= 15 is 0 Å². The van der Waals surface area contributed by atoms with Crippen molar-refractivity contribution in [3.8, 4) is 11.5 Å². The normalized spacial score (nSPS) is 12.5. The Morgan fingerprint density at radius 2 is 1.64 bits per heavy atom. The lowest BCUT2D eigenvalue weighted by Crippen LogP contribution is -2.22. The van der Waals surface area contributed by atoms with Crippen LogP contribution >= 0.6 is 0 Å². The molecule has 0 fully saturated rings. The Morgan fingerprint density at radius 1 is 0.964 bits per heavy atom. The molecule has 2 aromatic rings. The van der Waals surface area contributed by atoms with E-state index in [9.17, 15) is 14.4 Å². The van der Waals surface area contributed by atoms with Crippen LogP contribution in [-0.2, 0) is 14.3 Å². The van der Waals surface area contributed by atoms with Crippen molar-refractivity contribution in [3.05, 3.63) is 53.6 Å². The molecule has 8 heteroatoms. The zero-order valence-electron chi connectivity index (χ0n) is 15.2. The van der Waals surface area contributed by atoms with Gasteiger partial charge in [-0.25, -0.2) is 9.59 Å². The van der Waals surface area contributed by atoms with Gasteiger partial charge in [-0.05, 0) is 24.3 Å². The van der Waals surface area contributed by atoms with Gasteiger partial charge in [0.1, 0.15) is 0 Å². The molecule has 0 bridgehead atoms. The molecule has 0 atom stereocenters. The van der Waals surface area contributed by atoms with E-state index in [2.05, 4.69) is 10.1 Å². The first kappa shape index (κ1) is 19.2. The predicted octanol–water partition coefficient (Wildman–Crippen LogP) is 2.43. The third-order valence-electron chi connectivity index (χ3n) is 3.92. The fourth-order valence-electron chi connectivity index (χ4n) is 2.60. The van der Waals surface area contributed by atoms with Gasteiger partial charge < -0.3 is 24.3 Å². The van der Waals surface area contributed by atoms with E-state index in [1.54, 1.807) is 30.3 Å². The van der Waals surface area contributed by atoms with Gasteiger partial charge in [0.15, 0.2) is 18.1 Å². The van der Waals surface area contributed by atoms with Crippen molar-refractivity contribution in [3.63, 3.8) is 0 Å². The average molecular weight is 385 g/mol. The Balaban J connectivity index is 1.60. The number of fused-ring (bicyclic) bond motifs is 1. The van der Waals surface area contributed by atoms with Gasteiger partial charge in [-0.3, -0.25) is 4.79 Å². The zero-order valence-corrected chi connectivity index (χ0v) is 15.2. The lowest BCUT2D eigenvalue weighted by atomic mass is 10.1. The van der Waals surface area contributed by atoms with Crippen LogP contribution in [0.15, 0.2) is 42.5 Å². The number of methoxy groups -OCH3 is 1. The van der Waals surface area contributed by atoms with Crippen LogP contribution in [0.5, 0.6) is 11.5 Å². The molecule has 0 aromatic heterocycles. The van der Waals surface area contributed by atoms with Crippen LogP contribution < -0.4 is 14.8 Å². The van der Waals surface area contributed by atoms with E-state index in [4.69, 9.17) is 14.2 Å². The number of hydrogen-bond donors (Lipinski definition) is 1. The van der Waals surface area contributed by atoms with Crippen LogP contribution in [0, 0.1) is 0 Å². The third kappa shape index (κ3) is 4.59. The highest BCUT2D eigenvalue weighted by Crippen LogP contribution is 2.32. The standard InChI is InChI=1S/C20H19NO7/c1-25-19(23)14-5-2-3-6-15(14)20(24)28-12-18(22)21-13-7-8-16-17(11-13)27-10-4-9-26-16/h2-3,5-8,11H,4,9-10,12H2,1H3,(H,21,22). The summed E-state index contributed by atoms with van der Waals surface area (Å²) in [5, 5.41) is 2.62. The molecule has 146 valence electrons. The van der Waals surface area contributed by atoms with Crippen LogP contribution in [0.3, 0.4) is 0 Å². The van der Waals surface area contributed by atoms with Crippen molar-refractivity contribution in [2.24, 2.45) is 0 Å². The van der Waals surface area contributed by atoms with Gasteiger partial charge in [-0.1, -0.05) is 12.1 Å². The maximum atomic E-state index is 12.2. The van der Waals surface area contributed by atoms with E-state index in [-0.39, 0.29) is 11.1 Å². The quantitative estimate of drug-likeness (QED) is 0.789. The monoisotopic (exact) mass is 385 g/mol. The maximum absolute atomic E-state index is 12.2. The minimum atomic E-state index is -0.796. The van der Waals surface area contributed by atoms with E-state index in [0.717, 1.165) is 6.42 Å². The first-order valence-corrected chi connectivity index (χ1v) is 8.62. The molecular weight excluding hydrogens is 366 g/mol. The Labute approximate surface area is 161 Å². The predicted molar refractivity (Wildman–Crippen MR) is 98.7 cm³/mol. The second-order valence-corrected chi connectivity index (χ2v) is 5.87. The summed E-state index contributed by atoms with van der Waals surface area (Å²) in [5.74, 6) is -0.835. The molecule has 0 unspecified atom stereocenters. The summed E-state index contributed by atoms with van der Waals surface area (Å²) >= 11 is 0. The zero-order chi connectivity index (χ0) is 19.9. The van der Waals surface area contributed by atoms with E-state index in [1.165, 1.54) is 19.2 Å². The smallest absolute Gasteiger partial charge is 0.339 e. The highest BCUT2D eigenvalue weighted by molar-refractivity contribution is 6.04. The largest absolute Gasteiger partial charge is 0.490 e. The molecule has 8 nitrogen and oxygen atoms in total. The summed E-state index contributed by atoms with van der Waals surface area (Å²) in [7, 11) is 1.22. The Hall–Kier alpha value is -3.55. The van der Waals surface area contributed by atoms with Crippen LogP contribution in [0.2, 0.25) is 0 Å². The fourth-order valence-corrected chi connectivity index (χ4v) is 2.60. The molecule has 1 amide bonds. The molecule has 1 aliphatic rings. The molecule has 0 spiro atoms.